The number of aromatic hydroxyl groups is 1. The number of phenolic OH excluding ortho intramolecular Hbond substituents is 1. The van der Waals surface area contributed by atoms with E-state index in [0.29, 0.717) is 14.5 Å². The Kier molecular flexibility index (Phi) is 4.60. The molecule has 0 saturated heterocycles. The molecule has 0 spiro atoms. The van der Waals surface area contributed by atoms with Crippen molar-refractivity contribution >= 4 is 72.6 Å². The second-order valence-electron chi connectivity index (χ2n) is 5.84. The van der Waals surface area contributed by atoms with Gasteiger partial charge in [-0.2, -0.15) is 0 Å². The van der Waals surface area contributed by atoms with E-state index in [-0.39, 0.29) is 17.2 Å². The van der Waals surface area contributed by atoms with Crippen molar-refractivity contribution in [2.45, 2.75) is 5.50 Å². The Hall–Kier alpha value is -1.74. The summed E-state index contributed by atoms with van der Waals surface area (Å²) in [6.07, 6.45) is 1.80. The molecule has 2 aliphatic heterocycles. The summed E-state index contributed by atoms with van der Waals surface area (Å²) in [6, 6.07) is 9.34. The SMILES string of the molecule is N[C@H]1NC(c2ccc3c(c2)/C(=C/c2cc(Br)c(O)c(Br)c2)C(=O)N3)=CS1. The number of fused-ring (bicyclic) bond motifs is 1. The third kappa shape index (κ3) is 3.18. The molecule has 132 valence electrons. The number of carbonyl (C=O) groups is 1. The van der Waals surface area contributed by atoms with Gasteiger partial charge in [-0.25, -0.2) is 0 Å². The van der Waals surface area contributed by atoms with E-state index in [2.05, 4.69) is 42.5 Å². The normalized spacial score (nSPS) is 20.0. The average molecular weight is 495 g/mol. The molecule has 2 aliphatic rings. The topological polar surface area (TPSA) is 87.4 Å². The largest absolute Gasteiger partial charge is 0.506 e. The number of thioether (sulfide) groups is 1. The van der Waals surface area contributed by atoms with Gasteiger partial charge in [-0.15, -0.1) is 0 Å². The summed E-state index contributed by atoms with van der Waals surface area (Å²) in [5.74, 6) is -0.0318. The number of amides is 1. The maximum Gasteiger partial charge on any atom is 0.256 e. The molecule has 8 heteroatoms. The molecule has 0 saturated carbocycles. The van der Waals surface area contributed by atoms with Crippen molar-refractivity contribution in [1.82, 2.24) is 5.32 Å². The Morgan fingerprint density at radius 2 is 1.92 bits per heavy atom. The van der Waals surface area contributed by atoms with Crippen LogP contribution in [-0.4, -0.2) is 16.5 Å². The van der Waals surface area contributed by atoms with E-state index in [1.165, 1.54) is 11.8 Å². The van der Waals surface area contributed by atoms with Crippen LogP contribution in [0.2, 0.25) is 0 Å². The van der Waals surface area contributed by atoms with Crippen LogP contribution in [-0.2, 0) is 4.79 Å². The third-order valence-corrected chi connectivity index (χ3v) is 6.09. The fraction of sp³-hybridized carbons (Fsp3) is 0.0556. The van der Waals surface area contributed by atoms with Gasteiger partial charge in [0.1, 0.15) is 11.2 Å². The van der Waals surface area contributed by atoms with Crippen molar-refractivity contribution in [2.75, 3.05) is 5.32 Å². The highest BCUT2D eigenvalue weighted by Gasteiger charge is 2.25. The first kappa shape index (κ1) is 17.7. The average Bonchev–Trinajstić information content (AvgIpc) is 3.16. The molecule has 5 nitrogen and oxygen atoms in total. The van der Waals surface area contributed by atoms with Gasteiger partial charge >= 0.3 is 0 Å². The Balaban J connectivity index is 1.77. The minimum Gasteiger partial charge on any atom is -0.506 e. The van der Waals surface area contributed by atoms with Gasteiger partial charge < -0.3 is 21.5 Å². The lowest BCUT2D eigenvalue weighted by atomic mass is 10.0. The minimum atomic E-state index is -0.156. The van der Waals surface area contributed by atoms with Crippen molar-refractivity contribution in [3.05, 3.63) is 61.4 Å². The number of benzene rings is 2. The van der Waals surface area contributed by atoms with Crippen LogP contribution < -0.4 is 16.4 Å². The number of rotatable bonds is 2. The maximum absolute atomic E-state index is 12.5. The molecule has 4 rings (SSSR count). The predicted molar refractivity (Wildman–Crippen MR) is 113 cm³/mol. The molecular weight excluding hydrogens is 482 g/mol. The molecular formula is C18H13Br2N3O2S. The summed E-state index contributed by atoms with van der Waals surface area (Å²) in [6.45, 7) is 0. The molecule has 0 aliphatic carbocycles. The fourth-order valence-electron chi connectivity index (χ4n) is 2.85. The van der Waals surface area contributed by atoms with Gasteiger partial charge in [0.05, 0.1) is 8.95 Å². The predicted octanol–water partition coefficient (Wildman–Crippen LogP) is 4.29. The lowest BCUT2D eigenvalue weighted by Gasteiger charge is -2.09. The molecule has 2 aromatic rings. The van der Waals surface area contributed by atoms with Gasteiger partial charge in [0, 0.05) is 22.5 Å². The molecule has 0 bridgehead atoms. The van der Waals surface area contributed by atoms with Crippen LogP contribution >= 0.6 is 43.6 Å². The number of nitrogens with one attached hydrogen (secondary N) is 2. The zero-order valence-electron chi connectivity index (χ0n) is 13.2. The Bertz CT molecular complexity index is 981. The highest BCUT2D eigenvalue weighted by atomic mass is 79.9. The molecule has 0 aromatic heterocycles. The van der Waals surface area contributed by atoms with Crippen LogP contribution in [0.25, 0.3) is 17.3 Å². The van der Waals surface area contributed by atoms with E-state index in [0.717, 1.165) is 28.1 Å². The Morgan fingerprint density at radius 3 is 2.58 bits per heavy atom. The number of hydrogen-bond donors (Lipinski definition) is 4. The van der Waals surface area contributed by atoms with Gasteiger partial charge in [0.15, 0.2) is 0 Å². The standard InChI is InChI=1S/C18H13Br2N3O2S/c19-12-4-8(5-13(20)16(12)24)3-11-10-6-9(15-7-26-18(21)23-15)1-2-14(10)22-17(11)25/h1-7,18,23-24H,21H2,(H,22,25)/b11-3-/t18-/m0/s1. The van der Waals surface area contributed by atoms with Gasteiger partial charge in [-0.3, -0.25) is 4.79 Å². The van der Waals surface area contributed by atoms with E-state index in [1.807, 2.05) is 23.6 Å². The molecule has 0 fully saturated rings. The highest BCUT2D eigenvalue weighted by Crippen LogP contribution is 2.38. The third-order valence-electron chi connectivity index (χ3n) is 4.09. The lowest BCUT2D eigenvalue weighted by molar-refractivity contribution is -0.110. The summed E-state index contributed by atoms with van der Waals surface area (Å²) < 4.78 is 1.11. The van der Waals surface area contributed by atoms with Crippen molar-refractivity contribution in [1.29, 1.82) is 0 Å². The van der Waals surface area contributed by atoms with Crippen LogP contribution in [0.5, 0.6) is 5.75 Å². The zero-order chi connectivity index (χ0) is 18.4. The monoisotopic (exact) mass is 493 g/mol. The summed E-state index contributed by atoms with van der Waals surface area (Å²) in [5, 5.41) is 17.9. The van der Waals surface area contributed by atoms with Gasteiger partial charge in [-0.05, 0) is 78.7 Å². The van der Waals surface area contributed by atoms with Crippen molar-refractivity contribution < 1.29 is 9.90 Å². The first-order chi connectivity index (χ1) is 12.4. The number of hydrogen-bond acceptors (Lipinski definition) is 5. The van der Waals surface area contributed by atoms with Crippen LogP contribution in [0.15, 0.2) is 44.7 Å². The van der Waals surface area contributed by atoms with E-state index >= 15 is 0 Å². The summed E-state index contributed by atoms with van der Waals surface area (Å²) in [5.41, 5.74) is 10.6. The first-order valence-corrected chi connectivity index (χ1v) is 10.2. The zero-order valence-corrected chi connectivity index (χ0v) is 17.2. The summed E-state index contributed by atoms with van der Waals surface area (Å²) in [4.78, 5) is 12.5. The van der Waals surface area contributed by atoms with E-state index in [4.69, 9.17) is 5.73 Å². The van der Waals surface area contributed by atoms with Crippen molar-refractivity contribution in [2.24, 2.45) is 5.73 Å². The molecule has 1 amide bonds. The van der Waals surface area contributed by atoms with Crippen molar-refractivity contribution in [3.8, 4) is 5.75 Å². The Morgan fingerprint density at radius 1 is 1.19 bits per heavy atom. The molecule has 26 heavy (non-hydrogen) atoms. The van der Waals surface area contributed by atoms with E-state index < -0.39 is 0 Å². The second kappa shape index (κ2) is 6.77. The van der Waals surface area contributed by atoms with Crippen LogP contribution in [0.3, 0.4) is 0 Å². The smallest absolute Gasteiger partial charge is 0.256 e. The van der Waals surface area contributed by atoms with Gasteiger partial charge in [-0.1, -0.05) is 17.8 Å². The van der Waals surface area contributed by atoms with Crippen LogP contribution in [0.1, 0.15) is 16.7 Å². The lowest BCUT2D eigenvalue weighted by Crippen LogP contribution is -2.28. The minimum absolute atomic E-state index is 0.124. The van der Waals surface area contributed by atoms with Gasteiger partial charge in [0.2, 0.25) is 0 Å². The van der Waals surface area contributed by atoms with Crippen LogP contribution in [0, 0.1) is 0 Å². The van der Waals surface area contributed by atoms with E-state index in [1.54, 1.807) is 18.2 Å². The molecule has 2 aromatic carbocycles. The summed E-state index contributed by atoms with van der Waals surface area (Å²) >= 11 is 8.15. The van der Waals surface area contributed by atoms with E-state index in [9.17, 15) is 9.90 Å². The second-order valence-corrected chi connectivity index (χ2v) is 8.56. The quantitative estimate of drug-likeness (QED) is 0.468. The first-order valence-electron chi connectivity index (χ1n) is 7.66. The molecule has 0 radical (unpaired) electrons. The number of nitrogens with two attached hydrogens (primary N) is 1. The Labute approximate surface area is 171 Å². The van der Waals surface area contributed by atoms with Crippen LogP contribution in [0.4, 0.5) is 5.69 Å². The number of anilines is 1. The highest BCUT2D eigenvalue weighted by molar-refractivity contribution is 9.11. The van der Waals surface area contributed by atoms with Crippen molar-refractivity contribution in [3.63, 3.8) is 0 Å². The number of carbonyl (C=O) groups excluding carboxylic acids is 1. The molecule has 2 heterocycles. The molecule has 0 unspecified atom stereocenters. The number of phenols is 1. The maximum atomic E-state index is 12.5. The number of halogens is 2. The summed E-state index contributed by atoms with van der Waals surface area (Å²) in [7, 11) is 0. The molecule has 5 N–H and O–H groups in total. The molecule has 1 atom stereocenters. The van der Waals surface area contributed by atoms with Gasteiger partial charge in [0.25, 0.3) is 5.91 Å². The fourth-order valence-corrected chi connectivity index (χ4v) is 4.75.